The van der Waals surface area contributed by atoms with Crippen molar-refractivity contribution in [1.82, 2.24) is 0 Å². The Labute approximate surface area is 95.2 Å². The summed E-state index contributed by atoms with van der Waals surface area (Å²) in [4.78, 5) is 12.0. The van der Waals surface area contributed by atoms with E-state index in [1.165, 1.54) is 17.8 Å². The van der Waals surface area contributed by atoms with E-state index in [2.05, 4.69) is 15.9 Å². The number of thioether (sulfide) groups is 1. The van der Waals surface area contributed by atoms with Crippen molar-refractivity contribution < 1.29 is 9.18 Å². The first kappa shape index (κ1) is 11.7. The van der Waals surface area contributed by atoms with Gasteiger partial charge in [-0.1, -0.05) is 28.1 Å². The van der Waals surface area contributed by atoms with E-state index in [0.29, 0.717) is 22.2 Å². The molecule has 0 aromatic heterocycles. The second kappa shape index (κ2) is 5.51. The quantitative estimate of drug-likeness (QED) is 0.476. The molecular formula is C10H10BrFOS. The van der Waals surface area contributed by atoms with Crippen molar-refractivity contribution in [3.8, 4) is 0 Å². The first-order valence-electron chi connectivity index (χ1n) is 4.12. The highest BCUT2D eigenvalue weighted by Crippen LogP contribution is 2.24. The molecule has 76 valence electrons. The van der Waals surface area contributed by atoms with E-state index in [0.717, 1.165) is 0 Å². The molecule has 0 fully saturated rings. The van der Waals surface area contributed by atoms with Crippen LogP contribution in [-0.4, -0.2) is 17.4 Å². The Morgan fingerprint density at radius 2 is 2.29 bits per heavy atom. The van der Waals surface area contributed by atoms with Gasteiger partial charge in [0.25, 0.3) is 0 Å². The van der Waals surface area contributed by atoms with Gasteiger partial charge in [-0.3, -0.25) is 4.79 Å². The van der Waals surface area contributed by atoms with Gasteiger partial charge in [0.15, 0.2) is 5.78 Å². The molecule has 0 radical (unpaired) electrons. The minimum absolute atomic E-state index is 0.0225. The van der Waals surface area contributed by atoms with Crippen LogP contribution in [-0.2, 0) is 0 Å². The average Bonchev–Trinajstić information content (AvgIpc) is 2.17. The Morgan fingerprint density at radius 3 is 2.86 bits per heavy atom. The minimum atomic E-state index is -0.321. The van der Waals surface area contributed by atoms with E-state index in [4.69, 9.17) is 0 Å². The number of hydrogen-bond acceptors (Lipinski definition) is 2. The fourth-order valence-electron chi connectivity index (χ4n) is 1.16. The van der Waals surface area contributed by atoms with Crippen LogP contribution in [0.4, 0.5) is 4.39 Å². The molecule has 0 saturated carbocycles. The summed E-state index contributed by atoms with van der Waals surface area (Å²) in [5.41, 5.74) is 0.483. The first-order chi connectivity index (χ1) is 6.70. The standard InChI is InChI=1S/C10H10BrFOS/c1-14-10-7(9(13)5-6-11)3-2-4-8(10)12/h2-4H,5-6H2,1H3. The minimum Gasteiger partial charge on any atom is -0.294 e. The number of carbonyl (C=O) groups excluding carboxylic acids is 1. The monoisotopic (exact) mass is 276 g/mol. The molecule has 1 rings (SSSR count). The predicted molar refractivity (Wildman–Crippen MR) is 60.9 cm³/mol. The van der Waals surface area contributed by atoms with Gasteiger partial charge in [-0.15, -0.1) is 11.8 Å². The molecule has 0 atom stereocenters. The molecule has 0 saturated heterocycles. The smallest absolute Gasteiger partial charge is 0.164 e. The van der Waals surface area contributed by atoms with Gasteiger partial charge in [-0.25, -0.2) is 4.39 Å². The molecule has 1 aromatic rings. The van der Waals surface area contributed by atoms with Gasteiger partial charge in [0.05, 0.1) is 4.90 Å². The molecule has 0 bridgehead atoms. The van der Waals surface area contributed by atoms with Crippen molar-refractivity contribution in [1.29, 1.82) is 0 Å². The molecule has 0 amide bonds. The van der Waals surface area contributed by atoms with E-state index in [1.54, 1.807) is 18.4 Å². The summed E-state index contributed by atoms with van der Waals surface area (Å²) in [5.74, 6) is -0.344. The highest BCUT2D eigenvalue weighted by atomic mass is 79.9. The van der Waals surface area contributed by atoms with Gasteiger partial charge in [0.1, 0.15) is 5.82 Å². The number of ketones is 1. The summed E-state index contributed by atoms with van der Waals surface area (Å²) in [6.07, 6.45) is 2.17. The summed E-state index contributed by atoms with van der Waals surface area (Å²) in [6.45, 7) is 0. The third-order valence-electron chi connectivity index (χ3n) is 1.79. The molecule has 1 nitrogen and oxygen atoms in total. The molecule has 4 heteroatoms. The van der Waals surface area contributed by atoms with Crippen LogP contribution in [0.2, 0.25) is 0 Å². The Kier molecular flexibility index (Phi) is 4.62. The van der Waals surface area contributed by atoms with E-state index >= 15 is 0 Å². The van der Waals surface area contributed by atoms with Gasteiger partial charge in [-0.05, 0) is 12.3 Å². The lowest BCUT2D eigenvalue weighted by Crippen LogP contribution is -2.02. The molecule has 0 aliphatic heterocycles. The lowest BCUT2D eigenvalue weighted by atomic mass is 10.1. The second-order valence-electron chi connectivity index (χ2n) is 2.68. The van der Waals surface area contributed by atoms with Gasteiger partial charge >= 0.3 is 0 Å². The van der Waals surface area contributed by atoms with Gasteiger partial charge in [0.2, 0.25) is 0 Å². The van der Waals surface area contributed by atoms with Gasteiger partial charge < -0.3 is 0 Å². The fourth-order valence-corrected chi connectivity index (χ4v) is 2.18. The van der Waals surface area contributed by atoms with Gasteiger partial charge in [0, 0.05) is 17.3 Å². The Hall–Kier alpha value is -0.350. The largest absolute Gasteiger partial charge is 0.294 e. The molecule has 0 unspecified atom stereocenters. The number of Topliss-reactive ketones (excluding diaryl/α,β-unsaturated/α-hetero) is 1. The summed E-state index contributed by atoms with van der Waals surface area (Å²) >= 11 is 4.46. The second-order valence-corrected chi connectivity index (χ2v) is 4.29. The van der Waals surface area contributed by atoms with E-state index in [-0.39, 0.29) is 11.6 Å². The van der Waals surface area contributed by atoms with Crippen molar-refractivity contribution >= 4 is 33.5 Å². The maximum atomic E-state index is 13.3. The van der Waals surface area contributed by atoms with Crippen molar-refractivity contribution in [2.75, 3.05) is 11.6 Å². The van der Waals surface area contributed by atoms with Crippen LogP contribution < -0.4 is 0 Å². The van der Waals surface area contributed by atoms with Crippen molar-refractivity contribution in [2.45, 2.75) is 11.3 Å². The topological polar surface area (TPSA) is 17.1 Å². The molecule has 0 spiro atoms. The van der Waals surface area contributed by atoms with Crippen LogP contribution in [0.1, 0.15) is 16.8 Å². The number of alkyl halides is 1. The van der Waals surface area contributed by atoms with Crippen LogP contribution >= 0.6 is 27.7 Å². The molecule has 1 aromatic carbocycles. The number of halogens is 2. The van der Waals surface area contributed by atoms with E-state index in [9.17, 15) is 9.18 Å². The SMILES string of the molecule is CSc1c(F)cccc1C(=O)CCBr. The zero-order chi connectivity index (χ0) is 10.6. The fraction of sp³-hybridized carbons (Fsp3) is 0.300. The highest BCUT2D eigenvalue weighted by molar-refractivity contribution is 9.09. The predicted octanol–water partition coefficient (Wildman–Crippen LogP) is 3.52. The molecule has 0 heterocycles. The Bertz CT molecular complexity index is 341. The van der Waals surface area contributed by atoms with Crippen LogP contribution in [0.5, 0.6) is 0 Å². The highest BCUT2D eigenvalue weighted by Gasteiger charge is 2.13. The lowest BCUT2D eigenvalue weighted by molar-refractivity contribution is 0.0986. The summed E-state index contributed by atoms with van der Waals surface area (Å²) in [7, 11) is 0. The molecule has 14 heavy (non-hydrogen) atoms. The van der Waals surface area contributed by atoms with E-state index in [1.807, 2.05) is 0 Å². The summed E-state index contributed by atoms with van der Waals surface area (Å²) < 4.78 is 13.3. The number of rotatable bonds is 4. The Morgan fingerprint density at radius 1 is 1.57 bits per heavy atom. The zero-order valence-electron chi connectivity index (χ0n) is 7.72. The number of benzene rings is 1. The maximum absolute atomic E-state index is 13.3. The molecule has 0 N–H and O–H groups in total. The van der Waals surface area contributed by atoms with Crippen LogP contribution in [0.25, 0.3) is 0 Å². The first-order valence-corrected chi connectivity index (χ1v) is 6.47. The van der Waals surface area contributed by atoms with Crippen LogP contribution in [0.15, 0.2) is 23.1 Å². The van der Waals surface area contributed by atoms with Crippen LogP contribution in [0.3, 0.4) is 0 Å². The third-order valence-corrected chi connectivity index (χ3v) is 3.01. The summed E-state index contributed by atoms with van der Waals surface area (Å²) in [5, 5.41) is 0.607. The molecular weight excluding hydrogens is 267 g/mol. The van der Waals surface area contributed by atoms with Crippen LogP contribution in [0, 0.1) is 5.82 Å². The van der Waals surface area contributed by atoms with Crippen molar-refractivity contribution in [3.63, 3.8) is 0 Å². The Balaban J connectivity index is 3.07. The third kappa shape index (κ3) is 2.58. The average molecular weight is 277 g/mol. The lowest BCUT2D eigenvalue weighted by Gasteiger charge is -2.05. The molecule has 0 aliphatic rings. The molecule has 0 aliphatic carbocycles. The van der Waals surface area contributed by atoms with E-state index < -0.39 is 0 Å². The number of hydrogen-bond donors (Lipinski definition) is 0. The number of carbonyl (C=O) groups is 1. The van der Waals surface area contributed by atoms with Crippen molar-refractivity contribution in [2.24, 2.45) is 0 Å². The maximum Gasteiger partial charge on any atom is 0.164 e. The zero-order valence-corrected chi connectivity index (χ0v) is 10.1. The summed E-state index contributed by atoms with van der Waals surface area (Å²) in [6, 6.07) is 4.60. The normalized spacial score (nSPS) is 10.2. The van der Waals surface area contributed by atoms with Crippen molar-refractivity contribution in [3.05, 3.63) is 29.6 Å². The van der Waals surface area contributed by atoms with Gasteiger partial charge in [-0.2, -0.15) is 0 Å².